The Morgan fingerprint density at radius 2 is 2.06 bits per heavy atom. The second-order valence-electron chi connectivity index (χ2n) is 5.50. The van der Waals surface area contributed by atoms with E-state index in [0.717, 1.165) is 29.5 Å². The lowest BCUT2D eigenvalue weighted by Crippen LogP contribution is -2.38. The zero-order valence-corrected chi connectivity index (χ0v) is 13.3. The number of hydrogen-bond donors (Lipinski definition) is 1. The van der Waals surface area contributed by atoms with Crippen molar-refractivity contribution in [2.45, 2.75) is 34.1 Å². The maximum Gasteiger partial charge on any atom is 0.123 e. The fourth-order valence-corrected chi connectivity index (χ4v) is 2.38. The van der Waals surface area contributed by atoms with E-state index in [4.69, 9.17) is 0 Å². The Kier molecular flexibility index (Phi) is 5.80. The molecule has 0 saturated heterocycles. The van der Waals surface area contributed by atoms with E-state index in [1.54, 1.807) is 12.1 Å². The standard InChI is InChI=1S/C15H23BrFN/c1-5-18-10-15(4,11(2)3)9-12-8-13(17)6-7-14(12)16/h6-8,11,18H,5,9-10H2,1-4H3. The van der Waals surface area contributed by atoms with Gasteiger partial charge in [0.2, 0.25) is 0 Å². The van der Waals surface area contributed by atoms with E-state index < -0.39 is 0 Å². The van der Waals surface area contributed by atoms with Gasteiger partial charge in [0, 0.05) is 11.0 Å². The topological polar surface area (TPSA) is 12.0 Å². The van der Waals surface area contributed by atoms with Gasteiger partial charge in [0.15, 0.2) is 0 Å². The van der Waals surface area contributed by atoms with Crippen molar-refractivity contribution in [1.82, 2.24) is 5.32 Å². The summed E-state index contributed by atoms with van der Waals surface area (Å²) in [6.07, 6.45) is 0.871. The van der Waals surface area contributed by atoms with Crippen molar-refractivity contribution in [3.8, 4) is 0 Å². The van der Waals surface area contributed by atoms with E-state index in [1.165, 1.54) is 6.07 Å². The Morgan fingerprint density at radius 3 is 2.61 bits per heavy atom. The Morgan fingerprint density at radius 1 is 1.39 bits per heavy atom. The third-order valence-corrected chi connectivity index (χ3v) is 4.55. The maximum atomic E-state index is 13.3. The predicted molar refractivity (Wildman–Crippen MR) is 79.3 cm³/mol. The number of halogens is 2. The molecule has 0 heterocycles. The average molecular weight is 316 g/mol. The average Bonchev–Trinajstić information content (AvgIpc) is 2.31. The van der Waals surface area contributed by atoms with Crippen LogP contribution in [0.5, 0.6) is 0 Å². The van der Waals surface area contributed by atoms with Gasteiger partial charge in [0.05, 0.1) is 0 Å². The smallest absolute Gasteiger partial charge is 0.123 e. The zero-order chi connectivity index (χ0) is 13.8. The van der Waals surface area contributed by atoms with Gasteiger partial charge in [-0.05, 0) is 48.1 Å². The molecule has 1 unspecified atom stereocenters. The van der Waals surface area contributed by atoms with E-state index in [9.17, 15) is 4.39 Å². The summed E-state index contributed by atoms with van der Waals surface area (Å²) in [5, 5.41) is 3.42. The molecule has 0 fully saturated rings. The Balaban J connectivity index is 2.92. The highest BCUT2D eigenvalue weighted by Crippen LogP contribution is 2.33. The highest BCUT2D eigenvalue weighted by molar-refractivity contribution is 9.10. The van der Waals surface area contributed by atoms with Crippen LogP contribution >= 0.6 is 15.9 Å². The van der Waals surface area contributed by atoms with Crippen LogP contribution in [0, 0.1) is 17.2 Å². The van der Waals surface area contributed by atoms with Gasteiger partial charge in [0.1, 0.15) is 5.82 Å². The number of hydrogen-bond acceptors (Lipinski definition) is 1. The summed E-state index contributed by atoms with van der Waals surface area (Å²) in [7, 11) is 0. The molecule has 0 saturated carbocycles. The summed E-state index contributed by atoms with van der Waals surface area (Å²) in [5.41, 5.74) is 1.18. The number of rotatable bonds is 6. The van der Waals surface area contributed by atoms with Gasteiger partial charge in [-0.25, -0.2) is 4.39 Å². The summed E-state index contributed by atoms with van der Waals surface area (Å²) in [6, 6.07) is 4.92. The van der Waals surface area contributed by atoms with E-state index >= 15 is 0 Å². The Bertz CT molecular complexity index is 392. The summed E-state index contributed by atoms with van der Waals surface area (Å²) in [6.45, 7) is 10.7. The summed E-state index contributed by atoms with van der Waals surface area (Å²) in [4.78, 5) is 0. The van der Waals surface area contributed by atoms with Crippen LogP contribution in [0.3, 0.4) is 0 Å². The van der Waals surface area contributed by atoms with Gasteiger partial charge >= 0.3 is 0 Å². The van der Waals surface area contributed by atoms with Gasteiger partial charge in [0.25, 0.3) is 0 Å². The van der Waals surface area contributed by atoms with Gasteiger partial charge in [-0.1, -0.05) is 43.6 Å². The van der Waals surface area contributed by atoms with E-state index in [-0.39, 0.29) is 11.2 Å². The molecule has 0 aliphatic carbocycles. The summed E-state index contributed by atoms with van der Waals surface area (Å²) in [5.74, 6) is 0.370. The number of nitrogens with one attached hydrogen (secondary N) is 1. The van der Waals surface area contributed by atoms with Crippen molar-refractivity contribution in [3.05, 3.63) is 34.1 Å². The van der Waals surface area contributed by atoms with Gasteiger partial charge in [-0.3, -0.25) is 0 Å². The van der Waals surface area contributed by atoms with Crippen molar-refractivity contribution < 1.29 is 4.39 Å². The molecule has 3 heteroatoms. The Labute approximate surface area is 118 Å². The third-order valence-electron chi connectivity index (χ3n) is 3.77. The van der Waals surface area contributed by atoms with Crippen molar-refractivity contribution in [3.63, 3.8) is 0 Å². The summed E-state index contributed by atoms with van der Waals surface area (Å²) >= 11 is 3.51. The molecule has 1 rings (SSSR count). The lowest BCUT2D eigenvalue weighted by atomic mass is 9.74. The van der Waals surface area contributed by atoms with Crippen LogP contribution in [0.2, 0.25) is 0 Å². The molecule has 0 radical (unpaired) electrons. The maximum absolute atomic E-state index is 13.3. The van der Waals surface area contributed by atoms with Crippen LogP contribution in [0.15, 0.2) is 22.7 Å². The molecule has 0 spiro atoms. The van der Waals surface area contributed by atoms with Crippen molar-refractivity contribution in [2.75, 3.05) is 13.1 Å². The van der Waals surface area contributed by atoms with Gasteiger partial charge < -0.3 is 5.32 Å². The summed E-state index contributed by atoms with van der Waals surface area (Å²) < 4.78 is 14.3. The van der Waals surface area contributed by atoms with Crippen LogP contribution in [0.1, 0.15) is 33.3 Å². The lowest BCUT2D eigenvalue weighted by molar-refractivity contribution is 0.208. The number of benzene rings is 1. The first-order chi connectivity index (χ1) is 8.39. The molecule has 0 aliphatic rings. The first-order valence-corrected chi connectivity index (χ1v) is 7.33. The second-order valence-corrected chi connectivity index (χ2v) is 6.36. The normalized spacial score (nSPS) is 14.8. The lowest BCUT2D eigenvalue weighted by Gasteiger charge is -2.34. The van der Waals surface area contributed by atoms with Gasteiger partial charge in [-0.15, -0.1) is 0 Å². The molecule has 0 amide bonds. The molecule has 1 atom stereocenters. The first-order valence-electron chi connectivity index (χ1n) is 6.53. The van der Waals surface area contributed by atoms with Crippen LogP contribution in [-0.2, 0) is 6.42 Å². The van der Waals surface area contributed by atoms with Crippen molar-refractivity contribution >= 4 is 15.9 Å². The van der Waals surface area contributed by atoms with Crippen molar-refractivity contribution in [2.24, 2.45) is 11.3 Å². The Hall–Kier alpha value is -0.410. The SMILES string of the molecule is CCNCC(C)(Cc1cc(F)ccc1Br)C(C)C. The second kappa shape index (κ2) is 6.67. The predicted octanol–water partition coefficient (Wildman–Crippen LogP) is 4.40. The molecule has 102 valence electrons. The molecule has 1 N–H and O–H groups in total. The molecule has 0 aliphatic heterocycles. The zero-order valence-electron chi connectivity index (χ0n) is 11.7. The quantitative estimate of drug-likeness (QED) is 0.820. The minimum Gasteiger partial charge on any atom is -0.316 e. The minimum atomic E-state index is -0.164. The minimum absolute atomic E-state index is 0.131. The van der Waals surface area contributed by atoms with Crippen molar-refractivity contribution in [1.29, 1.82) is 0 Å². The van der Waals surface area contributed by atoms with E-state index in [1.807, 2.05) is 0 Å². The van der Waals surface area contributed by atoms with E-state index in [0.29, 0.717) is 5.92 Å². The largest absolute Gasteiger partial charge is 0.316 e. The monoisotopic (exact) mass is 315 g/mol. The molecule has 1 aromatic rings. The molecule has 0 bridgehead atoms. The molecule has 1 nitrogen and oxygen atoms in total. The highest BCUT2D eigenvalue weighted by atomic mass is 79.9. The molecule has 0 aromatic heterocycles. The first kappa shape index (κ1) is 15.6. The van der Waals surface area contributed by atoms with Gasteiger partial charge in [-0.2, -0.15) is 0 Å². The molecular formula is C15H23BrFN. The fourth-order valence-electron chi connectivity index (χ4n) is 2.00. The molecular weight excluding hydrogens is 293 g/mol. The van der Waals surface area contributed by atoms with Crippen LogP contribution in [0.25, 0.3) is 0 Å². The fraction of sp³-hybridized carbons (Fsp3) is 0.600. The molecule has 1 aromatic carbocycles. The van der Waals surface area contributed by atoms with Crippen LogP contribution in [-0.4, -0.2) is 13.1 Å². The van der Waals surface area contributed by atoms with Crippen LogP contribution in [0.4, 0.5) is 4.39 Å². The van der Waals surface area contributed by atoms with E-state index in [2.05, 4.69) is 48.9 Å². The third kappa shape index (κ3) is 4.06. The molecule has 18 heavy (non-hydrogen) atoms. The highest BCUT2D eigenvalue weighted by Gasteiger charge is 2.29. The van der Waals surface area contributed by atoms with Crippen LogP contribution < -0.4 is 5.32 Å².